The normalized spacial score (nSPS) is 15.5. The Hall–Kier alpha value is -2.74. The van der Waals surface area contributed by atoms with E-state index in [0.29, 0.717) is 16.6 Å². The van der Waals surface area contributed by atoms with Crippen molar-refractivity contribution in [1.82, 2.24) is 9.47 Å². The highest BCUT2D eigenvalue weighted by Crippen LogP contribution is 2.34. The largest absolute Gasteiger partial charge is 0.480 e. The van der Waals surface area contributed by atoms with Gasteiger partial charge in [-0.2, -0.15) is 0 Å². The summed E-state index contributed by atoms with van der Waals surface area (Å²) in [5.41, 5.74) is 2.56. The Kier molecular flexibility index (Phi) is 5.60. The van der Waals surface area contributed by atoms with Gasteiger partial charge in [0.25, 0.3) is 11.1 Å². The molecule has 2 aromatic carbocycles. The summed E-state index contributed by atoms with van der Waals surface area (Å²) in [7, 11) is 0. The summed E-state index contributed by atoms with van der Waals surface area (Å²) >= 11 is 13.0. The molecule has 2 amide bonds. The van der Waals surface area contributed by atoms with Crippen LogP contribution in [-0.2, 0) is 16.1 Å². The minimum atomic E-state index is -1.24. The van der Waals surface area contributed by atoms with Crippen molar-refractivity contribution >= 4 is 69.1 Å². The van der Waals surface area contributed by atoms with Gasteiger partial charge < -0.3 is 9.67 Å². The molecule has 1 fully saturated rings. The van der Waals surface area contributed by atoms with Crippen molar-refractivity contribution in [2.24, 2.45) is 0 Å². The second kappa shape index (κ2) is 8.18. The van der Waals surface area contributed by atoms with Crippen molar-refractivity contribution in [1.29, 1.82) is 0 Å². The number of rotatable bonds is 5. The molecule has 152 valence electrons. The van der Waals surface area contributed by atoms with Crippen LogP contribution in [0.3, 0.4) is 0 Å². The predicted molar refractivity (Wildman–Crippen MR) is 118 cm³/mol. The number of carbonyl (C=O) groups excluding carboxylic acids is 2. The molecule has 0 unspecified atom stereocenters. The zero-order chi connectivity index (χ0) is 21.4. The third-order valence-electron chi connectivity index (χ3n) is 4.63. The number of fused-ring (bicyclic) bond motifs is 1. The number of aromatic nitrogens is 1. The van der Waals surface area contributed by atoms with E-state index in [2.05, 4.69) is 0 Å². The first-order valence-electron chi connectivity index (χ1n) is 8.82. The summed E-state index contributed by atoms with van der Waals surface area (Å²) in [5, 5.41) is 10.3. The van der Waals surface area contributed by atoms with Gasteiger partial charge in [-0.05, 0) is 41.6 Å². The van der Waals surface area contributed by atoms with Crippen LogP contribution in [0.2, 0.25) is 10.0 Å². The van der Waals surface area contributed by atoms with E-state index in [9.17, 15) is 14.4 Å². The number of carbonyl (C=O) groups is 3. The van der Waals surface area contributed by atoms with Crippen molar-refractivity contribution in [2.75, 3.05) is 6.54 Å². The molecule has 0 radical (unpaired) electrons. The summed E-state index contributed by atoms with van der Waals surface area (Å²) < 4.78 is 2.00. The number of hydrogen-bond donors (Lipinski definition) is 1. The molecule has 0 saturated carbocycles. The molecule has 1 saturated heterocycles. The van der Waals surface area contributed by atoms with Gasteiger partial charge in [0, 0.05) is 39.3 Å². The predicted octanol–water partition coefficient (Wildman–Crippen LogP) is 5.12. The lowest BCUT2D eigenvalue weighted by Crippen LogP contribution is -2.33. The molecule has 2 heterocycles. The fraction of sp³-hybridized carbons (Fsp3) is 0.0952. The van der Waals surface area contributed by atoms with Crippen molar-refractivity contribution in [2.45, 2.75) is 6.54 Å². The molecule has 9 heteroatoms. The van der Waals surface area contributed by atoms with Gasteiger partial charge in [0.2, 0.25) is 0 Å². The number of amides is 2. The van der Waals surface area contributed by atoms with Crippen LogP contribution in [0, 0.1) is 0 Å². The number of hydrogen-bond acceptors (Lipinski definition) is 4. The van der Waals surface area contributed by atoms with Crippen LogP contribution in [-0.4, -0.2) is 38.2 Å². The minimum Gasteiger partial charge on any atom is -0.480 e. The molecule has 6 nitrogen and oxygen atoms in total. The Bertz CT molecular complexity index is 1230. The molecule has 0 spiro atoms. The fourth-order valence-corrected chi connectivity index (χ4v) is 4.56. The van der Waals surface area contributed by atoms with E-state index >= 15 is 0 Å². The highest BCUT2D eigenvalue weighted by molar-refractivity contribution is 8.18. The molecular weight excluding hydrogens is 447 g/mol. The van der Waals surface area contributed by atoms with E-state index in [1.165, 1.54) is 0 Å². The molecule has 3 aromatic rings. The van der Waals surface area contributed by atoms with Crippen LogP contribution < -0.4 is 0 Å². The first kappa shape index (κ1) is 20.5. The average Bonchev–Trinajstić information content (AvgIpc) is 3.16. The van der Waals surface area contributed by atoms with Crippen molar-refractivity contribution in [3.63, 3.8) is 0 Å². The summed E-state index contributed by atoms with van der Waals surface area (Å²) in [6, 6.07) is 13.0. The third kappa shape index (κ3) is 3.96. The Labute approximate surface area is 185 Å². The maximum absolute atomic E-state index is 12.5. The van der Waals surface area contributed by atoms with Gasteiger partial charge in [0.1, 0.15) is 6.54 Å². The van der Waals surface area contributed by atoms with Gasteiger partial charge in [0.15, 0.2) is 0 Å². The lowest BCUT2D eigenvalue weighted by atomic mass is 10.1. The van der Waals surface area contributed by atoms with Crippen LogP contribution in [0.15, 0.2) is 53.6 Å². The maximum Gasteiger partial charge on any atom is 0.323 e. The minimum absolute atomic E-state index is 0.189. The standard InChI is InChI=1S/C21H14Cl2N2O4S/c22-14-6-5-12(16(23)8-14)9-24-10-13(15-3-1-2-4-17(15)24)7-18-20(28)25(11-19(26)27)21(29)30-18/h1-8,10H,9,11H2,(H,26,27)/b18-7-. The number of benzene rings is 2. The quantitative estimate of drug-likeness (QED) is 0.534. The Balaban J connectivity index is 1.72. The third-order valence-corrected chi connectivity index (χ3v) is 6.12. The summed E-state index contributed by atoms with van der Waals surface area (Å²) in [6.07, 6.45) is 3.50. The van der Waals surface area contributed by atoms with Gasteiger partial charge in [-0.3, -0.25) is 19.3 Å². The number of aliphatic carboxylic acids is 1. The highest BCUT2D eigenvalue weighted by atomic mass is 35.5. The van der Waals surface area contributed by atoms with Crippen LogP contribution in [0.1, 0.15) is 11.1 Å². The molecule has 30 heavy (non-hydrogen) atoms. The van der Waals surface area contributed by atoms with Crippen molar-refractivity contribution in [3.05, 3.63) is 74.7 Å². The maximum atomic E-state index is 12.5. The van der Waals surface area contributed by atoms with Gasteiger partial charge in [-0.1, -0.05) is 47.5 Å². The SMILES string of the molecule is O=C(O)CN1C(=O)S/C(=C\c2cn(Cc3ccc(Cl)cc3Cl)c3ccccc23)C1=O. The van der Waals surface area contributed by atoms with E-state index in [0.717, 1.165) is 38.7 Å². The number of carboxylic acid groups (broad SMARTS) is 1. The number of imide groups is 1. The van der Waals surface area contributed by atoms with E-state index in [1.54, 1.807) is 18.2 Å². The number of para-hydroxylation sites is 1. The van der Waals surface area contributed by atoms with Crippen molar-refractivity contribution < 1.29 is 19.5 Å². The topological polar surface area (TPSA) is 79.6 Å². The van der Waals surface area contributed by atoms with E-state index in [4.69, 9.17) is 28.3 Å². The van der Waals surface area contributed by atoms with E-state index in [-0.39, 0.29) is 4.91 Å². The van der Waals surface area contributed by atoms with Crippen LogP contribution in [0.25, 0.3) is 17.0 Å². The fourth-order valence-electron chi connectivity index (χ4n) is 3.27. The Morgan fingerprint density at radius 2 is 1.90 bits per heavy atom. The molecule has 1 N–H and O–H groups in total. The molecule has 0 atom stereocenters. The van der Waals surface area contributed by atoms with Gasteiger partial charge in [0.05, 0.1) is 4.91 Å². The highest BCUT2D eigenvalue weighted by Gasteiger charge is 2.36. The van der Waals surface area contributed by atoms with Gasteiger partial charge in [-0.15, -0.1) is 0 Å². The lowest BCUT2D eigenvalue weighted by Gasteiger charge is -2.08. The molecule has 4 rings (SSSR count). The van der Waals surface area contributed by atoms with Crippen molar-refractivity contribution in [3.8, 4) is 0 Å². The van der Waals surface area contributed by atoms with Crippen LogP contribution in [0.4, 0.5) is 4.79 Å². The number of carboxylic acids is 1. The molecule has 1 aliphatic heterocycles. The zero-order valence-electron chi connectivity index (χ0n) is 15.3. The molecule has 1 aromatic heterocycles. The second-order valence-electron chi connectivity index (χ2n) is 6.63. The number of thioether (sulfide) groups is 1. The molecule has 1 aliphatic rings. The van der Waals surface area contributed by atoms with Crippen LogP contribution in [0.5, 0.6) is 0 Å². The zero-order valence-corrected chi connectivity index (χ0v) is 17.7. The Morgan fingerprint density at radius 3 is 2.63 bits per heavy atom. The molecular formula is C21H14Cl2N2O4S. The molecule has 0 bridgehead atoms. The first-order chi connectivity index (χ1) is 14.3. The van der Waals surface area contributed by atoms with Crippen LogP contribution >= 0.6 is 35.0 Å². The number of halogens is 2. The average molecular weight is 461 g/mol. The van der Waals surface area contributed by atoms with E-state index < -0.39 is 23.7 Å². The molecule has 0 aliphatic carbocycles. The van der Waals surface area contributed by atoms with Gasteiger partial charge in [-0.25, -0.2) is 0 Å². The summed E-state index contributed by atoms with van der Waals surface area (Å²) in [6.45, 7) is -0.163. The number of nitrogens with zero attached hydrogens (tertiary/aromatic N) is 2. The first-order valence-corrected chi connectivity index (χ1v) is 10.4. The monoisotopic (exact) mass is 460 g/mol. The summed E-state index contributed by atoms with van der Waals surface area (Å²) in [4.78, 5) is 36.3. The van der Waals surface area contributed by atoms with Gasteiger partial charge >= 0.3 is 5.97 Å². The Morgan fingerprint density at radius 1 is 1.13 bits per heavy atom. The lowest BCUT2D eigenvalue weighted by molar-refractivity contribution is -0.140. The smallest absolute Gasteiger partial charge is 0.323 e. The van der Waals surface area contributed by atoms with E-state index in [1.807, 2.05) is 41.1 Å². The second-order valence-corrected chi connectivity index (χ2v) is 8.46. The summed E-state index contributed by atoms with van der Waals surface area (Å²) in [5.74, 6) is -1.85.